The first-order chi connectivity index (χ1) is 7.29. The molecule has 0 aromatic carbocycles. The largest absolute Gasteiger partial charge is 0.298 e. The molecule has 0 amide bonds. The SMILES string of the molecule is CCCCC1(CCC)CCCN1CCC. The first kappa shape index (κ1) is 13.0. The van der Waals surface area contributed by atoms with E-state index in [0.717, 1.165) is 0 Å². The molecule has 1 aliphatic heterocycles. The maximum Gasteiger partial charge on any atom is 0.0210 e. The maximum atomic E-state index is 2.80. The Hall–Kier alpha value is -0.0400. The van der Waals surface area contributed by atoms with Crippen LogP contribution >= 0.6 is 0 Å². The van der Waals surface area contributed by atoms with Crippen molar-refractivity contribution < 1.29 is 0 Å². The second-order valence-corrected chi connectivity index (χ2v) is 5.17. The smallest absolute Gasteiger partial charge is 0.0210 e. The van der Waals surface area contributed by atoms with Crippen LogP contribution in [0.3, 0.4) is 0 Å². The number of hydrogen-bond acceptors (Lipinski definition) is 1. The van der Waals surface area contributed by atoms with Crippen molar-refractivity contribution in [3.8, 4) is 0 Å². The highest BCUT2D eigenvalue weighted by Crippen LogP contribution is 2.37. The maximum absolute atomic E-state index is 2.80. The minimum atomic E-state index is 0.598. The summed E-state index contributed by atoms with van der Waals surface area (Å²) in [7, 11) is 0. The molecule has 0 bridgehead atoms. The molecule has 1 fully saturated rings. The molecule has 1 saturated heterocycles. The fraction of sp³-hybridized carbons (Fsp3) is 1.00. The number of nitrogens with zero attached hydrogens (tertiary/aromatic N) is 1. The summed E-state index contributed by atoms with van der Waals surface area (Å²) < 4.78 is 0. The Morgan fingerprint density at radius 2 is 1.80 bits per heavy atom. The molecule has 90 valence electrons. The van der Waals surface area contributed by atoms with E-state index in [4.69, 9.17) is 0 Å². The van der Waals surface area contributed by atoms with Crippen molar-refractivity contribution in [1.29, 1.82) is 0 Å². The van der Waals surface area contributed by atoms with Gasteiger partial charge in [0.05, 0.1) is 0 Å². The summed E-state index contributed by atoms with van der Waals surface area (Å²) in [6.45, 7) is 9.66. The van der Waals surface area contributed by atoms with Crippen molar-refractivity contribution >= 4 is 0 Å². The normalized spacial score (nSPS) is 27.4. The molecule has 1 aliphatic rings. The fourth-order valence-electron chi connectivity index (χ4n) is 3.28. The van der Waals surface area contributed by atoms with Crippen LogP contribution in [0.5, 0.6) is 0 Å². The molecule has 0 saturated carbocycles. The third-order valence-corrected chi connectivity index (χ3v) is 3.95. The van der Waals surface area contributed by atoms with Gasteiger partial charge in [0.2, 0.25) is 0 Å². The van der Waals surface area contributed by atoms with Gasteiger partial charge in [-0.05, 0) is 45.2 Å². The van der Waals surface area contributed by atoms with Gasteiger partial charge < -0.3 is 0 Å². The van der Waals surface area contributed by atoms with Gasteiger partial charge in [0.15, 0.2) is 0 Å². The lowest BCUT2D eigenvalue weighted by Crippen LogP contribution is -2.44. The van der Waals surface area contributed by atoms with E-state index in [-0.39, 0.29) is 0 Å². The topological polar surface area (TPSA) is 3.24 Å². The Morgan fingerprint density at radius 3 is 2.40 bits per heavy atom. The van der Waals surface area contributed by atoms with Crippen molar-refractivity contribution in [3.05, 3.63) is 0 Å². The number of likely N-dealkylation sites (tertiary alicyclic amines) is 1. The van der Waals surface area contributed by atoms with Crippen LogP contribution < -0.4 is 0 Å². The van der Waals surface area contributed by atoms with Crippen LogP contribution in [0.4, 0.5) is 0 Å². The average molecular weight is 211 g/mol. The molecule has 1 heterocycles. The van der Waals surface area contributed by atoms with Crippen LogP contribution in [0.1, 0.15) is 72.1 Å². The molecule has 0 spiro atoms. The van der Waals surface area contributed by atoms with Gasteiger partial charge in [-0.15, -0.1) is 0 Å². The Morgan fingerprint density at radius 1 is 1.00 bits per heavy atom. The summed E-state index contributed by atoms with van der Waals surface area (Å²) in [5.41, 5.74) is 0.598. The molecule has 1 atom stereocenters. The van der Waals surface area contributed by atoms with E-state index in [2.05, 4.69) is 25.7 Å². The van der Waals surface area contributed by atoms with E-state index in [0.29, 0.717) is 5.54 Å². The summed E-state index contributed by atoms with van der Waals surface area (Å²) >= 11 is 0. The van der Waals surface area contributed by atoms with Gasteiger partial charge in [0.1, 0.15) is 0 Å². The van der Waals surface area contributed by atoms with Gasteiger partial charge in [0.25, 0.3) is 0 Å². The highest BCUT2D eigenvalue weighted by molar-refractivity contribution is 4.95. The number of hydrogen-bond donors (Lipinski definition) is 0. The molecule has 15 heavy (non-hydrogen) atoms. The quantitative estimate of drug-likeness (QED) is 0.609. The summed E-state index contributed by atoms with van der Waals surface area (Å²) in [4.78, 5) is 2.80. The predicted octanol–water partition coefficient (Wildman–Crippen LogP) is 4.22. The van der Waals surface area contributed by atoms with Crippen molar-refractivity contribution in [1.82, 2.24) is 4.90 Å². The monoisotopic (exact) mass is 211 g/mol. The fourth-order valence-corrected chi connectivity index (χ4v) is 3.28. The second kappa shape index (κ2) is 6.52. The summed E-state index contributed by atoms with van der Waals surface area (Å²) in [5.74, 6) is 0. The van der Waals surface area contributed by atoms with E-state index in [9.17, 15) is 0 Å². The lowest BCUT2D eigenvalue weighted by molar-refractivity contribution is 0.112. The first-order valence-electron chi connectivity index (χ1n) is 7.04. The van der Waals surface area contributed by atoms with E-state index in [1.807, 2.05) is 0 Å². The average Bonchev–Trinajstić information content (AvgIpc) is 2.61. The van der Waals surface area contributed by atoms with Gasteiger partial charge in [0, 0.05) is 5.54 Å². The van der Waals surface area contributed by atoms with E-state index in [1.165, 1.54) is 64.5 Å². The van der Waals surface area contributed by atoms with Gasteiger partial charge in [-0.3, -0.25) is 4.90 Å². The van der Waals surface area contributed by atoms with Crippen LogP contribution in [-0.4, -0.2) is 23.5 Å². The van der Waals surface area contributed by atoms with Gasteiger partial charge in [-0.1, -0.05) is 40.0 Å². The summed E-state index contributed by atoms with van der Waals surface area (Å²) in [6.07, 6.45) is 11.2. The minimum Gasteiger partial charge on any atom is -0.298 e. The Labute approximate surface area is 96.2 Å². The Bertz CT molecular complexity index is 167. The highest BCUT2D eigenvalue weighted by atomic mass is 15.2. The zero-order valence-electron chi connectivity index (χ0n) is 11.0. The van der Waals surface area contributed by atoms with E-state index >= 15 is 0 Å². The third kappa shape index (κ3) is 3.21. The Kier molecular flexibility index (Phi) is 5.66. The van der Waals surface area contributed by atoms with Gasteiger partial charge in [-0.25, -0.2) is 0 Å². The Balaban J connectivity index is 2.59. The third-order valence-electron chi connectivity index (χ3n) is 3.95. The molecule has 0 aromatic heterocycles. The molecule has 0 aliphatic carbocycles. The van der Waals surface area contributed by atoms with Crippen LogP contribution in [0.25, 0.3) is 0 Å². The second-order valence-electron chi connectivity index (χ2n) is 5.17. The molecule has 1 unspecified atom stereocenters. The summed E-state index contributed by atoms with van der Waals surface area (Å²) in [5, 5.41) is 0. The molecule has 1 nitrogen and oxygen atoms in total. The highest BCUT2D eigenvalue weighted by Gasteiger charge is 2.38. The molecule has 1 rings (SSSR count). The van der Waals surface area contributed by atoms with Crippen LogP contribution in [0, 0.1) is 0 Å². The molecule has 0 radical (unpaired) electrons. The zero-order valence-corrected chi connectivity index (χ0v) is 11.0. The van der Waals surface area contributed by atoms with E-state index in [1.54, 1.807) is 0 Å². The van der Waals surface area contributed by atoms with Gasteiger partial charge >= 0.3 is 0 Å². The van der Waals surface area contributed by atoms with E-state index < -0.39 is 0 Å². The van der Waals surface area contributed by atoms with Crippen molar-refractivity contribution in [2.75, 3.05) is 13.1 Å². The first-order valence-corrected chi connectivity index (χ1v) is 7.04. The molecular formula is C14H29N. The predicted molar refractivity (Wildman–Crippen MR) is 68.3 cm³/mol. The van der Waals surface area contributed by atoms with Crippen LogP contribution in [-0.2, 0) is 0 Å². The molecule has 1 heteroatoms. The van der Waals surface area contributed by atoms with Crippen LogP contribution in [0.2, 0.25) is 0 Å². The van der Waals surface area contributed by atoms with Crippen molar-refractivity contribution in [2.24, 2.45) is 0 Å². The van der Waals surface area contributed by atoms with Gasteiger partial charge in [-0.2, -0.15) is 0 Å². The lowest BCUT2D eigenvalue weighted by Gasteiger charge is -2.39. The molecule has 0 aromatic rings. The zero-order chi connectivity index (χ0) is 11.1. The van der Waals surface area contributed by atoms with Crippen molar-refractivity contribution in [2.45, 2.75) is 77.7 Å². The number of unbranched alkanes of at least 4 members (excludes halogenated alkanes) is 1. The van der Waals surface area contributed by atoms with Crippen LogP contribution in [0.15, 0.2) is 0 Å². The number of rotatable bonds is 7. The molecule has 0 N–H and O–H groups in total. The molecular weight excluding hydrogens is 182 g/mol. The summed E-state index contributed by atoms with van der Waals surface area (Å²) in [6, 6.07) is 0. The lowest BCUT2D eigenvalue weighted by atomic mass is 9.85. The van der Waals surface area contributed by atoms with Crippen molar-refractivity contribution in [3.63, 3.8) is 0 Å². The standard InChI is InChI=1S/C14H29N/c1-4-7-10-14(9-5-2)11-8-13-15(14)12-6-3/h4-13H2,1-3H3. The minimum absolute atomic E-state index is 0.598.